The number of nitrogens with zero attached hydrogens (tertiary/aromatic N) is 4. The van der Waals surface area contributed by atoms with Crippen molar-refractivity contribution in [3.63, 3.8) is 0 Å². The van der Waals surface area contributed by atoms with Crippen LogP contribution in [-0.4, -0.2) is 36.1 Å². The van der Waals surface area contributed by atoms with E-state index in [2.05, 4.69) is 20.2 Å². The molecular weight excluding hydrogens is 300 g/mol. The smallest absolute Gasteiger partial charge is 0.272 e. The van der Waals surface area contributed by atoms with Gasteiger partial charge in [-0.25, -0.2) is 4.98 Å². The maximum absolute atomic E-state index is 10.9. The second kappa shape index (κ2) is 5.92. The summed E-state index contributed by atoms with van der Waals surface area (Å²) in [5.41, 5.74) is 3.01. The minimum Gasteiger partial charge on any atom is -0.368 e. The first-order valence-electron chi connectivity index (χ1n) is 7.21. The molecule has 0 spiro atoms. The monoisotopic (exact) mass is 318 g/mol. The molecule has 116 valence electrons. The molecule has 22 heavy (non-hydrogen) atoms. The van der Waals surface area contributed by atoms with Gasteiger partial charge in [0.2, 0.25) is 0 Å². The third kappa shape index (κ3) is 2.89. The van der Waals surface area contributed by atoms with Crippen LogP contribution in [0.5, 0.6) is 0 Å². The highest BCUT2D eigenvalue weighted by Gasteiger charge is 2.20. The number of nitro benzene ring substituents is 1. The summed E-state index contributed by atoms with van der Waals surface area (Å²) in [5.74, 6) is 0. The molecule has 1 fully saturated rings. The molecule has 0 aliphatic carbocycles. The lowest BCUT2D eigenvalue weighted by atomic mass is 10.1. The number of benzene rings is 1. The number of hydrogen-bond donors (Lipinski definition) is 0. The molecule has 0 N–H and O–H groups in total. The molecule has 1 aromatic carbocycles. The zero-order chi connectivity index (χ0) is 15.7. The Kier molecular flexibility index (Phi) is 3.98. The van der Waals surface area contributed by atoms with E-state index in [0.717, 1.165) is 42.7 Å². The largest absolute Gasteiger partial charge is 0.368 e. The molecule has 7 heteroatoms. The summed E-state index contributed by atoms with van der Waals surface area (Å²) < 4.78 is 0. The number of anilines is 2. The van der Waals surface area contributed by atoms with Crippen molar-refractivity contribution in [2.75, 3.05) is 36.0 Å². The highest BCUT2D eigenvalue weighted by molar-refractivity contribution is 7.13. The van der Waals surface area contributed by atoms with Crippen LogP contribution in [0, 0.1) is 24.0 Å². The first-order valence-corrected chi connectivity index (χ1v) is 8.09. The number of piperazine rings is 1. The average Bonchev–Trinajstić information content (AvgIpc) is 2.93. The quantitative estimate of drug-likeness (QED) is 0.643. The third-order valence-electron chi connectivity index (χ3n) is 3.90. The van der Waals surface area contributed by atoms with Gasteiger partial charge in [-0.1, -0.05) is 0 Å². The van der Waals surface area contributed by atoms with Crippen molar-refractivity contribution in [3.05, 3.63) is 45.0 Å². The minimum absolute atomic E-state index is 0.181. The molecule has 1 aliphatic heterocycles. The summed E-state index contributed by atoms with van der Waals surface area (Å²) in [4.78, 5) is 19.7. The van der Waals surface area contributed by atoms with E-state index in [1.165, 1.54) is 0 Å². The summed E-state index contributed by atoms with van der Waals surface area (Å²) in [6.07, 6.45) is 0. The third-order valence-corrected chi connectivity index (χ3v) is 4.92. The van der Waals surface area contributed by atoms with Gasteiger partial charge in [0.05, 0.1) is 10.6 Å². The molecule has 1 aliphatic rings. The fraction of sp³-hybridized carbons (Fsp3) is 0.400. The summed E-state index contributed by atoms with van der Waals surface area (Å²) in [6.45, 7) is 7.43. The normalized spacial score (nSPS) is 15.2. The predicted octanol–water partition coefficient (Wildman–Crippen LogP) is 2.99. The van der Waals surface area contributed by atoms with Crippen molar-refractivity contribution >= 4 is 27.8 Å². The van der Waals surface area contributed by atoms with Gasteiger partial charge in [-0.3, -0.25) is 10.1 Å². The Bertz CT molecular complexity index is 693. The molecule has 0 unspecified atom stereocenters. The average molecular weight is 318 g/mol. The van der Waals surface area contributed by atoms with Crippen LogP contribution in [0.15, 0.2) is 23.6 Å². The number of hydrogen-bond acceptors (Lipinski definition) is 6. The van der Waals surface area contributed by atoms with Gasteiger partial charge in [0, 0.05) is 48.9 Å². The van der Waals surface area contributed by atoms with Gasteiger partial charge in [0.1, 0.15) is 0 Å². The molecule has 2 aromatic rings. The molecule has 2 heterocycles. The van der Waals surface area contributed by atoms with Gasteiger partial charge >= 0.3 is 0 Å². The molecule has 1 aromatic heterocycles. The summed E-state index contributed by atoms with van der Waals surface area (Å²) >= 11 is 1.68. The highest BCUT2D eigenvalue weighted by Crippen LogP contribution is 2.27. The molecule has 0 saturated carbocycles. The van der Waals surface area contributed by atoms with Crippen molar-refractivity contribution in [3.8, 4) is 0 Å². The van der Waals surface area contributed by atoms with Gasteiger partial charge in [-0.2, -0.15) is 0 Å². The lowest BCUT2D eigenvalue weighted by molar-refractivity contribution is -0.385. The number of nitro groups is 1. The highest BCUT2D eigenvalue weighted by atomic mass is 32.1. The van der Waals surface area contributed by atoms with E-state index >= 15 is 0 Å². The lowest BCUT2D eigenvalue weighted by Crippen LogP contribution is -2.46. The van der Waals surface area contributed by atoms with E-state index in [0.29, 0.717) is 5.56 Å². The molecular formula is C15H18N4O2S. The molecule has 1 saturated heterocycles. The Balaban J connectivity index is 1.68. The fourth-order valence-corrected chi connectivity index (χ4v) is 3.54. The van der Waals surface area contributed by atoms with Crippen LogP contribution in [0.2, 0.25) is 0 Å². The van der Waals surface area contributed by atoms with Crippen molar-refractivity contribution in [1.29, 1.82) is 0 Å². The van der Waals surface area contributed by atoms with Crippen LogP contribution in [0.4, 0.5) is 16.5 Å². The standard InChI is InChI=1S/C15H18N4O2S/c1-11-9-13(3-4-14(11)19(20)21)17-5-7-18(8-6-17)15-16-12(2)10-22-15/h3-4,9-10H,5-8H2,1-2H3. The SMILES string of the molecule is Cc1csc(N2CCN(c3ccc([N+](=O)[O-])c(C)c3)CC2)n1. The van der Waals surface area contributed by atoms with Gasteiger partial charge in [0.15, 0.2) is 5.13 Å². The van der Waals surface area contributed by atoms with E-state index in [1.54, 1.807) is 24.3 Å². The summed E-state index contributed by atoms with van der Waals surface area (Å²) in [7, 11) is 0. The molecule has 0 atom stereocenters. The Morgan fingerprint density at radius 2 is 1.86 bits per heavy atom. The molecule has 3 rings (SSSR count). The van der Waals surface area contributed by atoms with E-state index in [1.807, 2.05) is 19.1 Å². The van der Waals surface area contributed by atoms with E-state index in [4.69, 9.17) is 0 Å². The fourth-order valence-electron chi connectivity index (χ4n) is 2.68. The maximum Gasteiger partial charge on any atom is 0.272 e. The minimum atomic E-state index is -0.332. The Morgan fingerprint density at radius 1 is 1.18 bits per heavy atom. The van der Waals surface area contributed by atoms with Crippen LogP contribution in [-0.2, 0) is 0 Å². The predicted molar refractivity (Wildman–Crippen MR) is 89.1 cm³/mol. The van der Waals surface area contributed by atoms with Crippen molar-refractivity contribution < 1.29 is 4.92 Å². The second-order valence-electron chi connectivity index (χ2n) is 5.47. The van der Waals surface area contributed by atoms with Gasteiger partial charge in [0.25, 0.3) is 5.69 Å². The van der Waals surface area contributed by atoms with Crippen LogP contribution >= 0.6 is 11.3 Å². The topological polar surface area (TPSA) is 62.5 Å². The summed E-state index contributed by atoms with van der Waals surface area (Å²) in [6, 6.07) is 5.34. The van der Waals surface area contributed by atoms with Crippen LogP contribution in [0.25, 0.3) is 0 Å². The molecule has 0 bridgehead atoms. The van der Waals surface area contributed by atoms with E-state index in [-0.39, 0.29) is 10.6 Å². The van der Waals surface area contributed by atoms with Gasteiger partial charge in [-0.05, 0) is 26.0 Å². The Hall–Kier alpha value is -2.15. The van der Waals surface area contributed by atoms with Crippen molar-refractivity contribution in [2.24, 2.45) is 0 Å². The molecule has 6 nitrogen and oxygen atoms in total. The van der Waals surface area contributed by atoms with Crippen LogP contribution in [0.1, 0.15) is 11.3 Å². The van der Waals surface area contributed by atoms with Crippen LogP contribution in [0.3, 0.4) is 0 Å². The Morgan fingerprint density at radius 3 is 2.41 bits per heavy atom. The maximum atomic E-state index is 10.9. The molecule has 0 amide bonds. The Labute approximate surface area is 133 Å². The summed E-state index contributed by atoms with van der Waals surface area (Å²) in [5, 5.41) is 14.0. The second-order valence-corrected chi connectivity index (χ2v) is 6.31. The van der Waals surface area contributed by atoms with Gasteiger partial charge < -0.3 is 9.80 Å². The van der Waals surface area contributed by atoms with Crippen LogP contribution < -0.4 is 9.80 Å². The lowest BCUT2D eigenvalue weighted by Gasteiger charge is -2.36. The zero-order valence-corrected chi connectivity index (χ0v) is 13.5. The first kappa shape index (κ1) is 14.8. The molecule has 0 radical (unpaired) electrons. The number of aromatic nitrogens is 1. The van der Waals surface area contributed by atoms with Crippen molar-refractivity contribution in [1.82, 2.24) is 4.98 Å². The van der Waals surface area contributed by atoms with Gasteiger partial charge in [-0.15, -0.1) is 11.3 Å². The zero-order valence-electron chi connectivity index (χ0n) is 12.7. The van der Waals surface area contributed by atoms with E-state index < -0.39 is 0 Å². The van der Waals surface area contributed by atoms with Crippen molar-refractivity contribution in [2.45, 2.75) is 13.8 Å². The first-order chi connectivity index (χ1) is 10.5. The number of aryl methyl sites for hydroxylation is 2. The number of rotatable bonds is 3. The number of thiazole rings is 1. The van der Waals surface area contributed by atoms with E-state index in [9.17, 15) is 10.1 Å².